The monoisotopic (exact) mass is 1300 g/mol. The van der Waals surface area contributed by atoms with Crippen molar-refractivity contribution in [3.63, 3.8) is 0 Å². The second-order valence-electron chi connectivity index (χ2n) is 24.0. The van der Waals surface area contributed by atoms with Gasteiger partial charge in [0.1, 0.15) is 25.4 Å². The Balaban J connectivity index is 4.51. The molecule has 520 valence electrons. The number of aliphatic hydroxyl groups is 2. The summed E-state index contributed by atoms with van der Waals surface area (Å²) >= 11 is 0. The predicted molar refractivity (Wildman–Crippen MR) is 362 cm³/mol. The number of allylic oxidation sites excluding steroid dienone is 10. The lowest BCUT2D eigenvalue weighted by Crippen LogP contribution is -2.30. The smallest absolute Gasteiger partial charge is 0.463 e. The van der Waals surface area contributed by atoms with E-state index in [2.05, 4.69) is 81.5 Å². The summed E-state index contributed by atoms with van der Waals surface area (Å²) in [6.07, 6.45) is 67.0. The molecule has 0 saturated heterocycles. The van der Waals surface area contributed by atoms with Crippen molar-refractivity contribution in [2.75, 3.05) is 39.6 Å². The highest BCUT2D eigenvalue weighted by Crippen LogP contribution is 2.45. The molecule has 18 heteroatoms. The van der Waals surface area contributed by atoms with Crippen LogP contribution < -0.4 is 0 Å². The number of hydrogen-bond donors (Lipinski definition) is 4. The third-order valence-corrected chi connectivity index (χ3v) is 17.1. The van der Waals surface area contributed by atoms with Crippen molar-refractivity contribution in [1.82, 2.24) is 0 Å². The van der Waals surface area contributed by atoms with E-state index in [1.165, 1.54) is 141 Å². The number of carbonyl (C=O) groups is 3. The van der Waals surface area contributed by atoms with E-state index in [-0.39, 0.29) is 19.3 Å². The topological polar surface area (TPSA) is 231 Å². The van der Waals surface area contributed by atoms with Gasteiger partial charge in [0, 0.05) is 19.3 Å². The molecule has 4 N–H and O–H groups in total. The van der Waals surface area contributed by atoms with Crippen LogP contribution in [0.1, 0.15) is 316 Å². The van der Waals surface area contributed by atoms with Crippen LogP contribution in [0.2, 0.25) is 0 Å². The molecule has 0 radical (unpaired) electrons. The highest BCUT2D eigenvalue weighted by molar-refractivity contribution is 7.47. The van der Waals surface area contributed by atoms with Crippen LogP contribution in [-0.2, 0) is 55.8 Å². The largest absolute Gasteiger partial charge is 0.472 e. The number of phosphoric acid groups is 2. The van der Waals surface area contributed by atoms with Gasteiger partial charge in [-0.3, -0.25) is 32.5 Å². The maximum absolute atomic E-state index is 12.9. The van der Waals surface area contributed by atoms with Crippen molar-refractivity contribution in [1.29, 1.82) is 0 Å². The molecule has 16 nitrogen and oxygen atoms in total. The lowest BCUT2D eigenvalue weighted by Gasteiger charge is -2.21. The Bertz CT molecular complexity index is 1870. The van der Waals surface area contributed by atoms with E-state index >= 15 is 0 Å². The Hall–Kier alpha value is -2.75. The van der Waals surface area contributed by atoms with Gasteiger partial charge in [0.05, 0.1) is 26.4 Å². The number of phosphoric ester groups is 2. The van der Waals surface area contributed by atoms with Crippen molar-refractivity contribution >= 4 is 33.6 Å². The summed E-state index contributed by atoms with van der Waals surface area (Å²) in [5.41, 5.74) is 0. The molecule has 89 heavy (non-hydrogen) atoms. The summed E-state index contributed by atoms with van der Waals surface area (Å²) < 4.78 is 60.9. The van der Waals surface area contributed by atoms with Crippen LogP contribution in [0.25, 0.3) is 0 Å². The third kappa shape index (κ3) is 66.5. The molecule has 5 atom stereocenters. The molecule has 0 aliphatic rings. The van der Waals surface area contributed by atoms with Crippen LogP contribution in [0.15, 0.2) is 60.8 Å². The number of aliphatic hydroxyl groups excluding tert-OH is 2. The van der Waals surface area contributed by atoms with Crippen LogP contribution in [0, 0.1) is 0 Å². The first-order chi connectivity index (χ1) is 43.2. The zero-order valence-electron chi connectivity index (χ0n) is 56.4. The molecule has 0 saturated carbocycles. The number of unbranched alkanes of at least 4 members (excludes halogenated alkanes) is 35. The van der Waals surface area contributed by atoms with Crippen LogP contribution in [0.4, 0.5) is 0 Å². The molecule has 0 spiro atoms. The zero-order chi connectivity index (χ0) is 65.3. The summed E-state index contributed by atoms with van der Waals surface area (Å²) in [5.74, 6) is -1.57. The van der Waals surface area contributed by atoms with Gasteiger partial charge in [-0.15, -0.1) is 0 Å². The Morgan fingerprint density at radius 2 is 0.562 bits per heavy atom. The minimum atomic E-state index is -4.92. The molecule has 0 heterocycles. The summed E-state index contributed by atoms with van der Waals surface area (Å²) in [4.78, 5) is 58.3. The van der Waals surface area contributed by atoms with Gasteiger partial charge in [0.15, 0.2) is 6.10 Å². The summed E-state index contributed by atoms with van der Waals surface area (Å²) in [6.45, 7) is 2.66. The van der Waals surface area contributed by atoms with Crippen molar-refractivity contribution in [2.45, 2.75) is 334 Å². The second-order valence-corrected chi connectivity index (χ2v) is 26.9. The SMILES string of the molecule is CCCCC/C=C\C/C=C\C/C=C\C/C=C\CCCCCCCCCCCC(=O)OCC(O)COP(=O)(O)OCC(O)COP(=O)(O)OCC(COC(=O)CCCCCCC/C=C\CCCCCCCC)OC(=O)CCCCCCCCCCCCCCC. The molecule has 0 bridgehead atoms. The van der Waals surface area contributed by atoms with E-state index in [0.717, 1.165) is 116 Å². The fourth-order valence-electron chi connectivity index (χ4n) is 9.73. The van der Waals surface area contributed by atoms with Gasteiger partial charge < -0.3 is 34.2 Å². The molecule has 0 aromatic carbocycles. The Morgan fingerprint density at radius 3 is 0.921 bits per heavy atom. The minimum absolute atomic E-state index is 0.109. The highest BCUT2D eigenvalue weighted by atomic mass is 31.2. The predicted octanol–water partition coefficient (Wildman–Crippen LogP) is 19.8. The highest BCUT2D eigenvalue weighted by Gasteiger charge is 2.29. The van der Waals surface area contributed by atoms with Crippen LogP contribution in [0.5, 0.6) is 0 Å². The molecule has 0 aliphatic heterocycles. The van der Waals surface area contributed by atoms with Crippen LogP contribution in [0.3, 0.4) is 0 Å². The van der Waals surface area contributed by atoms with Gasteiger partial charge in [-0.05, 0) is 89.9 Å². The number of esters is 3. The molecule has 0 rings (SSSR count). The van der Waals surface area contributed by atoms with Gasteiger partial charge in [-0.25, -0.2) is 9.13 Å². The van der Waals surface area contributed by atoms with Crippen molar-refractivity contribution in [2.24, 2.45) is 0 Å². The fourth-order valence-corrected chi connectivity index (χ4v) is 11.3. The molecule has 0 aromatic rings. The van der Waals surface area contributed by atoms with E-state index in [9.17, 15) is 43.5 Å². The zero-order valence-corrected chi connectivity index (χ0v) is 58.1. The summed E-state index contributed by atoms with van der Waals surface area (Å²) in [6, 6.07) is 0. The van der Waals surface area contributed by atoms with Gasteiger partial charge in [-0.2, -0.15) is 0 Å². The van der Waals surface area contributed by atoms with E-state index in [4.69, 9.17) is 32.3 Å². The Labute approximate surface area is 541 Å². The first-order valence-corrected chi connectivity index (χ1v) is 38.6. The van der Waals surface area contributed by atoms with Crippen LogP contribution in [-0.4, -0.2) is 95.9 Å². The Kier molecular flexibility index (Phi) is 63.3. The maximum Gasteiger partial charge on any atom is 0.472 e. The summed E-state index contributed by atoms with van der Waals surface area (Å²) in [7, 11) is -9.76. The molecular weight excluding hydrogens is 1170 g/mol. The first kappa shape index (κ1) is 86.2. The lowest BCUT2D eigenvalue weighted by atomic mass is 10.0. The standard InChI is InChI=1S/C71H130O16P2/c1-4-7-10-13-16-19-22-25-27-28-29-30-31-32-33-34-35-36-38-41-42-45-48-51-54-57-69(74)81-60-66(72)61-83-88(77,78)84-62-67(73)63-85-89(79,80)86-65-68(87-71(76)59-56-53-50-47-44-39-24-21-18-15-12-9-6-3)64-82-70(75)58-55-52-49-46-43-40-37-26-23-20-17-14-11-8-5-2/h16,19,25-27,29-30,32-33,37,66-68,72-73H,4-15,17-18,20-24,28,31,34-36,38-65H2,1-3H3,(H,77,78)(H,79,80)/b19-16-,27-25-,30-29-,33-32-,37-26-. The minimum Gasteiger partial charge on any atom is -0.463 e. The summed E-state index contributed by atoms with van der Waals surface area (Å²) in [5, 5.41) is 20.6. The average molecular weight is 1300 g/mol. The van der Waals surface area contributed by atoms with Gasteiger partial charge in [0.25, 0.3) is 0 Å². The van der Waals surface area contributed by atoms with E-state index in [1.807, 2.05) is 0 Å². The van der Waals surface area contributed by atoms with E-state index in [1.54, 1.807) is 0 Å². The molecule has 5 unspecified atom stereocenters. The van der Waals surface area contributed by atoms with Crippen molar-refractivity contribution in [3.05, 3.63) is 60.8 Å². The normalized spacial score (nSPS) is 14.6. The molecule has 0 aliphatic carbocycles. The average Bonchev–Trinajstić information content (AvgIpc) is 3.70. The molecule has 0 fully saturated rings. The number of ether oxygens (including phenoxy) is 3. The van der Waals surface area contributed by atoms with E-state index in [0.29, 0.717) is 19.3 Å². The van der Waals surface area contributed by atoms with Crippen LogP contribution >= 0.6 is 15.6 Å². The lowest BCUT2D eigenvalue weighted by molar-refractivity contribution is -0.161. The first-order valence-electron chi connectivity index (χ1n) is 35.6. The van der Waals surface area contributed by atoms with Gasteiger partial charge >= 0.3 is 33.6 Å². The third-order valence-electron chi connectivity index (χ3n) is 15.2. The number of hydrogen-bond acceptors (Lipinski definition) is 14. The number of rotatable bonds is 68. The van der Waals surface area contributed by atoms with Gasteiger partial charge in [-0.1, -0.05) is 268 Å². The fraction of sp³-hybridized carbons (Fsp3) is 0.817. The van der Waals surface area contributed by atoms with Gasteiger partial charge in [0.2, 0.25) is 0 Å². The second kappa shape index (κ2) is 65.3. The molecule has 0 amide bonds. The van der Waals surface area contributed by atoms with Crippen molar-refractivity contribution < 1.29 is 75.8 Å². The quantitative estimate of drug-likeness (QED) is 0.0146. The molecule has 0 aromatic heterocycles. The number of carbonyl (C=O) groups excluding carboxylic acids is 3. The molecular formula is C71H130O16P2. The van der Waals surface area contributed by atoms with E-state index < -0.39 is 91.5 Å². The Morgan fingerprint density at radius 1 is 0.315 bits per heavy atom. The van der Waals surface area contributed by atoms with Crippen molar-refractivity contribution in [3.8, 4) is 0 Å². The maximum atomic E-state index is 12.9.